The van der Waals surface area contributed by atoms with Gasteiger partial charge in [-0.05, 0) is 49.9 Å². The van der Waals surface area contributed by atoms with Crippen molar-refractivity contribution >= 4 is 27.5 Å². The van der Waals surface area contributed by atoms with Gasteiger partial charge in [-0.25, -0.2) is 8.42 Å². The second-order valence-corrected chi connectivity index (χ2v) is 13.6. The lowest BCUT2D eigenvalue weighted by molar-refractivity contribution is -0.140. The Balaban J connectivity index is 1.51. The number of nitrogens with one attached hydrogen (secondary N) is 1. The highest BCUT2D eigenvalue weighted by atomic mass is 32.2. The van der Waals surface area contributed by atoms with Crippen molar-refractivity contribution in [3.05, 3.63) is 89.5 Å². The van der Waals surface area contributed by atoms with Crippen molar-refractivity contribution in [2.45, 2.75) is 64.6 Å². The first-order chi connectivity index (χ1) is 21.2. The van der Waals surface area contributed by atoms with E-state index in [0.717, 1.165) is 46.7 Å². The average Bonchev–Trinajstić information content (AvgIpc) is 3.55. The van der Waals surface area contributed by atoms with Crippen molar-refractivity contribution in [3.63, 3.8) is 0 Å². The van der Waals surface area contributed by atoms with Crippen LogP contribution >= 0.6 is 0 Å². The Labute approximate surface area is 260 Å². The molecular formula is C34H41N3O6S. The summed E-state index contributed by atoms with van der Waals surface area (Å²) in [6.45, 7) is 3.96. The molecule has 1 fully saturated rings. The topological polar surface area (TPSA) is 105 Å². The van der Waals surface area contributed by atoms with Crippen LogP contribution in [0.1, 0.15) is 49.3 Å². The standard InChI is InChI=1S/C34H41N3O6S/c1-3-44(40,41)37(29-17-18-31-32(22-29)43-20-19-42-31)24-33(38)36(23-27-15-13-25(2)14-16-27)30(21-26-9-5-4-6-10-26)34(39)35-28-11-7-8-12-28/h4-6,9-10,13-18,22,28,30H,3,7-8,11-12,19-21,23-24H2,1-2H3,(H,35,39). The van der Waals surface area contributed by atoms with Crippen molar-refractivity contribution in [3.8, 4) is 11.5 Å². The summed E-state index contributed by atoms with van der Waals surface area (Å²) in [5.41, 5.74) is 3.13. The summed E-state index contributed by atoms with van der Waals surface area (Å²) < 4.78 is 39.3. The fraction of sp³-hybridized carbons (Fsp3) is 0.412. The first-order valence-corrected chi connectivity index (χ1v) is 16.9. The van der Waals surface area contributed by atoms with Gasteiger partial charge in [0.1, 0.15) is 25.8 Å². The Morgan fingerprint density at radius 3 is 2.27 bits per heavy atom. The van der Waals surface area contributed by atoms with Gasteiger partial charge in [-0.3, -0.25) is 13.9 Å². The first kappa shape index (κ1) is 31.4. The quantitative estimate of drug-likeness (QED) is 0.317. The second kappa shape index (κ2) is 14.2. The molecule has 1 aliphatic heterocycles. The number of rotatable bonds is 12. The van der Waals surface area contributed by atoms with Gasteiger partial charge in [-0.2, -0.15) is 0 Å². The van der Waals surface area contributed by atoms with E-state index >= 15 is 0 Å². The van der Waals surface area contributed by atoms with Crippen LogP contribution in [0.2, 0.25) is 0 Å². The van der Waals surface area contributed by atoms with E-state index in [1.165, 1.54) is 4.90 Å². The number of carbonyl (C=O) groups excluding carboxylic acids is 2. The number of hydrogen-bond acceptors (Lipinski definition) is 6. The summed E-state index contributed by atoms with van der Waals surface area (Å²) in [5, 5.41) is 3.19. The number of sulfonamides is 1. The summed E-state index contributed by atoms with van der Waals surface area (Å²) >= 11 is 0. The normalized spacial score (nSPS) is 15.4. The fourth-order valence-electron chi connectivity index (χ4n) is 5.72. The molecular weight excluding hydrogens is 578 g/mol. The highest BCUT2D eigenvalue weighted by molar-refractivity contribution is 7.92. The number of anilines is 1. The zero-order valence-corrected chi connectivity index (χ0v) is 26.2. The highest BCUT2D eigenvalue weighted by Gasteiger charge is 2.35. The summed E-state index contributed by atoms with van der Waals surface area (Å²) in [6.07, 6.45) is 4.21. The number of hydrogen-bond donors (Lipinski definition) is 1. The molecule has 3 aromatic carbocycles. The minimum absolute atomic E-state index is 0.0618. The van der Waals surface area contributed by atoms with Crippen LogP contribution in [-0.4, -0.2) is 62.7 Å². The van der Waals surface area contributed by atoms with Gasteiger partial charge in [0.2, 0.25) is 21.8 Å². The van der Waals surface area contributed by atoms with Crippen LogP contribution in [0.3, 0.4) is 0 Å². The van der Waals surface area contributed by atoms with Crippen LogP contribution in [0, 0.1) is 6.92 Å². The van der Waals surface area contributed by atoms with Crippen molar-refractivity contribution < 1.29 is 27.5 Å². The van der Waals surface area contributed by atoms with Gasteiger partial charge in [0, 0.05) is 25.1 Å². The molecule has 0 saturated heterocycles. The SMILES string of the molecule is CCS(=O)(=O)N(CC(=O)N(Cc1ccc(C)cc1)C(Cc1ccccc1)C(=O)NC1CCCC1)c1ccc2c(c1)OCCO2. The van der Waals surface area contributed by atoms with E-state index in [4.69, 9.17) is 9.47 Å². The Bertz CT molecular complexity index is 1540. The molecule has 1 N–H and O–H groups in total. The highest BCUT2D eigenvalue weighted by Crippen LogP contribution is 2.35. The monoisotopic (exact) mass is 619 g/mol. The number of nitrogens with zero attached hydrogens (tertiary/aromatic N) is 2. The summed E-state index contributed by atoms with van der Waals surface area (Å²) in [6, 6.07) is 21.5. The third-order valence-corrected chi connectivity index (χ3v) is 9.98. The Hall–Kier alpha value is -4.05. The average molecular weight is 620 g/mol. The third kappa shape index (κ3) is 7.72. The minimum atomic E-state index is -3.88. The molecule has 1 aliphatic carbocycles. The van der Waals surface area contributed by atoms with E-state index in [-0.39, 0.29) is 24.2 Å². The Morgan fingerprint density at radius 1 is 0.909 bits per heavy atom. The van der Waals surface area contributed by atoms with E-state index < -0.39 is 28.5 Å². The molecule has 44 heavy (non-hydrogen) atoms. The van der Waals surface area contributed by atoms with Crippen molar-refractivity contribution in [1.29, 1.82) is 0 Å². The lowest BCUT2D eigenvalue weighted by atomic mass is 10.0. The Morgan fingerprint density at radius 2 is 1.59 bits per heavy atom. The van der Waals surface area contributed by atoms with Crippen molar-refractivity contribution in [2.24, 2.45) is 0 Å². The number of carbonyl (C=O) groups is 2. The first-order valence-electron chi connectivity index (χ1n) is 15.3. The third-order valence-electron chi connectivity index (χ3n) is 8.24. The van der Waals surface area contributed by atoms with Crippen LogP contribution in [0.15, 0.2) is 72.8 Å². The van der Waals surface area contributed by atoms with Crippen molar-refractivity contribution in [2.75, 3.05) is 29.8 Å². The second-order valence-electron chi connectivity index (χ2n) is 11.4. The van der Waals surface area contributed by atoms with E-state index in [2.05, 4.69) is 5.32 Å². The van der Waals surface area contributed by atoms with E-state index in [1.807, 2.05) is 61.5 Å². The predicted molar refractivity (Wildman–Crippen MR) is 170 cm³/mol. The summed E-state index contributed by atoms with van der Waals surface area (Å²) in [7, 11) is -3.88. The minimum Gasteiger partial charge on any atom is -0.486 e. The van der Waals surface area contributed by atoms with E-state index in [1.54, 1.807) is 25.1 Å². The zero-order valence-electron chi connectivity index (χ0n) is 25.4. The molecule has 0 spiro atoms. The molecule has 1 atom stereocenters. The van der Waals surface area contributed by atoms with Gasteiger partial charge in [-0.15, -0.1) is 0 Å². The largest absolute Gasteiger partial charge is 0.486 e. The Kier molecular flexibility index (Phi) is 10.1. The molecule has 0 bridgehead atoms. The van der Waals surface area contributed by atoms with E-state index in [0.29, 0.717) is 36.8 Å². The molecule has 10 heteroatoms. The van der Waals surface area contributed by atoms with Crippen molar-refractivity contribution in [1.82, 2.24) is 10.2 Å². The molecule has 5 rings (SSSR count). The molecule has 3 aromatic rings. The molecule has 2 aliphatic rings. The van der Waals surface area contributed by atoms with E-state index in [9.17, 15) is 18.0 Å². The lowest BCUT2D eigenvalue weighted by Crippen LogP contribution is -2.54. The molecule has 1 unspecified atom stereocenters. The smallest absolute Gasteiger partial charge is 0.244 e. The molecule has 1 saturated carbocycles. The maximum atomic E-state index is 14.4. The fourth-order valence-corrected chi connectivity index (χ4v) is 6.77. The van der Waals surface area contributed by atoms with Gasteiger partial charge in [-0.1, -0.05) is 73.0 Å². The van der Waals surface area contributed by atoms with Gasteiger partial charge >= 0.3 is 0 Å². The van der Waals surface area contributed by atoms with Crippen LogP contribution in [0.5, 0.6) is 11.5 Å². The summed E-state index contributed by atoms with van der Waals surface area (Å²) in [4.78, 5) is 29.9. The van der Waals surface area contributed by atoms with Crippen LogP contribution < -0.4 is 19.1 Å². The molecule has 1 heterocycles. The maximum absolute atomic E-state index is 14.4. The molecule has 0 aromatic heterocycles. The number of benzene rings is 3. The van der Waals surface area contributed by atoms with Gasteiger partial charge in [0.25, 0.3) is 0 Å². The zero-order chi connectivity index (χ0) is 31.1. The maximum Gasteiger partial charge on any atom is 0.244 e. The predicted octanol–water partition coefficient (Wildman–Crippen LogP) is 4.62. The molecule has 0 radical (unpaired) electrons. The van der Waals surface area contributed by atoms with Crippen LogP contribution in [-0.2, 0) is 32.6 Å². The van der Waals surface area contributed by atoms with Crippen LogP contribution in [0.4, 0.5) is 5.69 Å². The molecule has 9 nitrogen and oxygen atoms in total. The van der Waals surface area contributed by atoms with Gasteiger partial charge in [0.15, 0.2) is 11.5 Å². The summed E-state index contributed by atoms with van der Waals surface area (Å²) in [5.74, 6) is 0.0347. The number of ether oxygens (including phenoxy) is 2. The molecule has 2 amide bonds. The van der Waals surface area contributed by atoms with Gasteiger partial charge < -0.3 is 19.7 Å². The molecule has 234 valence electrons. The number of fused-ring (bicyclic) bond motifs is 1. The number of aryl methyl sites for hydroxylation is 1. The van der Waals surface area contributed by atoms with Crippen LogP contribution in [0.25, 0.3) is 0 Å². The van der Waals surface area contributed by atoms with Gasteiger partial charge in [0.05, 0.1) is 11.4 Å². The number of amides is 2. The lowest BCUT2D eigenvalue weighted by Gasteiger charge is -2.34.